The summed E-state index contributed by atoms with van der Waals surface area (Å²) in [5.41, 5.74) is 2.70. The number of nitriles is 1. The third-order valence-electron chi connectivity index (χ3n) is 4.33. The van der Waals surface area contributed by atoms with E-state index < -0.39 is 6.04 Å². The Kier molecular flexibility index (Phi) is 5.15. The van der Waals surface area contributed by atoms with E-state index in [9.17, 15) is 10.1 Å². The van der Waals surface area contributed by atoms with Crippen LogP contribution in [0.2, 0.25) is 0 Å². The number of carbonyl (C=O) groups is 1. The quantitative estimate of drug-likeness (QED) is 0.761. The van der Waals surface area contributed by atoms with Crippen molar-refractivity contribution in [1.82, 2.24) is 4.90 Å². The van der Waals surface area contributed by atoms with Gasteiger partial charge in [0.25, 0.3) is 5.91 Å². The van der Waals surface area contributed by atoms with E-state index in [2.05, 4.69) is 6.07 Å². The van der Waals surface area contributed by atoms with Gasteiger partial charge in [-0.3, -0.25) is 9.69 Å². The number of nitrogens with zero attached hydrogens (tertiary/aromatic N) is 2. The second kappa shape index (κ2) is 7.51. The highest BCUT2D eigenvalue weighted by atomic mass is 35.5. The van der Waals surface area contributed by atoms with Crippen LogP contribution in [-0.2, 0) is 5.88 Å². The summed E-state index contributed by atoms with van der Waals surface area (Å²) in [6.07, 6.45) is 3.40. The van der Waals surface area contributed by atoms with Crippen LogP contribution in [0, 0.1) is 11.3 Å². The number of methoxy groups -OCH3 is 2. The van der Waals surface area contributed by atoms with Crippen molar-refractivity contribution in [2.24, 2.45) is 0 Å². The Labute approximate surface area is 157 Å². The van der Waals surface area contributed by atoms with E-state index in [1.807, 2.05) is 6.07 Å². The fraction of sp³-hybridized carbons (Fsp3) is 0.200. The van der Waals surface area contributed by atoms with Crippen LogP contribution in [0.1, 0.15) is 33.1 Å². The van der Waals surface area contributed by atoms with E-state index in [0.29, 0.717) is 22.6 Å². The van der Waals surface area contributed by atoms with Crippen molar-refractivity contribution in [3.8, 4) is 17.6 Å². The van der Waals surface area contributed by atoms with E-state index in [1.54, 1.807) is 49.7 Å². The average molecular weight is 369 g/mol. The second-order valence-corrected chi connectivity index (χ2v) is 5.95. The lowest BCUT2D eigenvalue weighted by atomic mass is 9.95. The Hall–Kier alpha value is -2.97. The molecule has 0 aromatic heterocycles. The molecular weight excluding hydrogens is 352 g/mol. The van der Waals surface area contributed by atoms with Gasteiger partial charge < -0.3 is 9.47 Å². The third kappa shape index (κ3) is 3.00. The third-order valence-corrected chi connectivity index (χ3v) is 4.61. The standard InChI is InChI=1S/C20H17ClN2O3/c1-25-18-9-13-7-8-23(17(12-22)16(13)10-19(18)26-2)20(24)15-6-4-3-5-14(15)11-21/h3-10,17H,11H2,1-2H3. The van der Waals surface area contributed by atoms with Crippen molar-refractivity contribution in [2.75, 3.05) is 14.2 Å². The molecular formula is C20H17ClN2O3. The molecule has 6 heteroatoms. The predicted molar refractivity (Wildman–Crippen MR) is 99.1 cm³/mol. The van der Waals surface area contributed by atoms with Gasteiger partial charge in [-0.05, 0) is 35.4 Å². The van der Waals surface area contributed by atoms with E-state index in [4.69, 9.17) is 21.1 Å². The molecule has 1 aliphatic rings. The number of benzene rings is 2. The highest BCUT2D eigenvalue weighted by Gasteiger charge is 2.30. The first kappa shape index (κ1) is 17.8. The maximum Gasteiger partial charge on any atom is 0.259 e. The average Bonchev–Trinajstić information content (AvgIpc) is 2.70. The molecule has 0 fully saturated rings. The van der Waals surface area contributed by atoms with Crippen LogP contribution < -0.4 is 9.47 Å². The molecule has 0 spiro atoms. The summed E-state index contributed by atoms with van der Waals surface area (Å²) in [6, 6.07) is 12.1. The first-order valence-corrected chi connectivity index (χ1v) is 8.48. The molecule has 1 atom stereocenters. The number of fused-ring (bicyclic) bond motifs is 1. The van der Waals surface area contributed by atoms with Gasteiger partial charge in [0.2, 0.25) is 0 Å². The van der Waals surface area contributed by atoms with Crippen molar-refractivity contribution in [3.63, 3.8) is 0 Å². The first-order chi connectivity index (χ1) is 12.6. The topological polar surface area (TPSA) is 62.6 Å². The molecule has 0 saturated carbocycles. The number of ether oxygens (including phenoxy) is 2. The van der Waals surface area contributed by atoms with Gasteiger partial charge in [0, 0.05) is 23.2 Å². The van der Waals surface area contributed by atoms with Crippen molar-refractivity contribution in [3.05, 3.63) is 64.9 Å². The van der Waals surface area contributed by atoms with Gasteiger partial charge in [-0.15, -0.1) is 11.6 Å². The van der Waals surface area contributed by atoms with Gasteiger partial charge >= 0.3 is 0 Å². The van der Waals surface area contributed by atoms with Crippen LogP contribution in [0.4, 0.5) is 0 Å². The van der Waals surface area contributed by atoms with Crippen LogP contribution in [-0.4, -0.2) is 25.0 Å². The zero-order valence-corrected chi connectivity index (χ0v) is 15.2. The van der Waals surface area contributed by atoms with Crippen molar-refractivity contribution < 1.29 is 14.3 Å². The second-order valence-electron chi connectivity index (χ2n) is 5.69. The lowest BCUT2D eigenvalue weighted by molar-refractivity contribution is 0.0793. The number of hydrogen-bond donors (Lipinski definition) is 0. The number of halogens is 1. The molecule has 2 aromatic rings. The number of amides is 1. The van der Waals surface area contributed by atoms with Gasteiger partial charge in [0.05, 0.1) is 20.3 Å². The minimum absolute atomic E-state index is 0.221. The van der Waals surface area contributed by atoms with Gasteiger partial charge in [-0.2, -0.15) is 5.26 Å². The number of carbonyl (C=O) groups excluding carboxylic acids is 1. The Balaban J connectivity index is 2.06. The molecule has 0 aliphatic carbocycles. The van der Waals surface area contributed by atoms with Crippen LogP contribution in [0.15, 0.2) is 42.6 Å². The fourth-order valence-corrected chi connectivity index (χ4v) is 3.22. The van der Waals surface area contributed by atoms with Crippen molar-refractivity contribution in [2.45, 2.75) is 11.9 Å². The minimum Gasteiger partial charge on any atom is -0.493 e. The van der Waals surface area contributed by atoms with Gasteiger partial charge in [0.1, 0.15) is 6.04 Å². The normalized spacial score (nSPS) is 15.2. The maximum absolute atomic E-state index is 13.0. The molecule has 0 N–H and O–H groups in total. The number of rotatable bonds is 4. The van der Waals surface area contributed by atoms with E-state index in [-0.39, 0.29) is 11.8 Å². The monoisotopic (exact) mass is 368 g/mol. The van der Waals surface area contributed by atoms with Crippen LogP contribution >= 0.6 is 11.6 Å². The van der Waals surface area contributed by atoms with E-state index in [0.717, 1.165) is 11.1 Å². The summed E-state index contributed by atoms with van der Waals surface area (Å²) >= 11 is 5.96. The highest BCUT2D eigenvalue weighted by molar-refractivity contribution is 6.17. The van der Waals surface area contributed by atoms with Crippen LogP contribution in [0.3, 0.4) is 0 Å². The number of hydrogen-bond acceptors (Lipinski definition) is 4. The molecule has 1 heterocycles. The van der Waals surface area contributed by atoms with Gasteiger partial charge in [0.15, 0.2) is 11.5 Å². The Morgan fingerprint density at radius 3 is 2.58 bits per heavy atom. The lowest BCUT2D eigenvalue weighted by Crippen LogP contribution is -2.32. The molecule has 0 saturated heterocycles. The largest absolute Gasteiger partial charge is 0.493 e. The zero-order chi connectivity index (χ0) is 18.7. The molecule has 2 aromatic carbocycles. The molecule has 1 amide bonds. The highest BCUT2D eigenvalue weighted by Crippen LogP contribution is 2.38. The fourth-order valence-electron chi connectivity index (χ4n) is 2.99. The summed E-state index contributed by atoms with van der Waals surface area (Å²) in [6.45, 7) is 0. The smallest absolute Gasteiger partial charge is 0.259 e. The molecule has 0 radical (unpaired) electrons. The summed E-state index contributed by atoms with van der Waals surface area (Å²) < 4.78 is 10.6. The minimum atomic E-state index is -0.773. The summed E-state index contributed by atoms with van der Waals surface area (Å²) in [5, 5.41) is 9.74. The molecule has 3 rings (SSSR count). The molecule has 0 bridgehead atoms. The SMILES string of the molecule is COc1cc2c(cc1OC)C(C#N)N(C(=O)c1ccccc1CCl)C=C2. The maximum atomic E-state index is 13.0. The van der Waals surface area contributed by atoms with Crippen LogP contribution in [0.5, 0.6) is 11.5 Å². The van der Waals surface area contributed by atoms with E-state index >= 15 is 0 Å². The molecule has 1 aliphatic heterocycles. The summed E-state index contributed by atoms with van der Waals surface area (Å²) in [4.78, 5) is 14.5. The molecule has 26 heavy (non-hydrogen) atoms. The number of alkyl halides is 1. The van der Waals surface area contributed by atoms with Crippen molar-refractivity contribution in [1.29, 1.82) is 5.26 Å². The zero-order valence-electron chi connectivity index (χ0n) is 14.4. The lowest BCUT2D eigenvalue weighted by Gasteiger charge is -2.30. The molecule has 1 unspecified atom stereocenters. The Morgan fingerprint density at radius 1 is 1.23 bits per heavy atom. The van der Waals surface area contributed by atoms with E-state index in [1.165, 1.54) is 12.0 Å². The predicted octanol–water partition coefficient (Wildman–Crippen LogP) is 4.13. The Bertz CT molecular complexity index is 918. The van der Waals surface area contributed by atoms with Crippen molar-refractivity contribution >= 4 is 23.6 Å². The van der Waals surface area contributed by atoms with Gasteiger partial charge in [-0.1, -0.05) is 18.2 Å². The molecule has 5 nitrogen and oxygen atoms in total. The Morgan fingerprint density at radius 2 is 1.92 bits per heavy atom. The summed E-state index contributed by atoms with van der Waals surface area (Å²) in [5.74, 6) is 1.03. The van der Waals surface area contributed by atoms with Crippen LogP contribution in [0.25, 0.3) is 6.08 Å². The first-order valence-electron chi connectivity index (χ1n) is 7.94. The van der Waals surface area contributed by atoms with Gasteiger partial charge in [-0.25, -0.2) is 0 Å². The summed E-state index contributed by atoms with van der Waals surface area (Å²) in [7, 11) is 3.08. The molecule has 132 valence electrons.